The molecule has 72 valence electrons. The van der Waals surface area contributed by atoms with Gasteiger partial charge in [-0.2, -0.15) is 0 Å². The molecular formula is C9H15NO2Si. The molecule has 2 saturated heterocycles. The van der Waals surface area contributed by atoms with Gasteiger partial charge < -0.3 is 9.64 Å². The van der Waals surface area contributed by atoms with E-state index in [9.17, 15) is 4.79 Å². The molecule has 0 saturated carbocycles. The summed E-state index contributed by atoms with van der Waals surface area (Å²) in [6.45, 7) is 3.07. The van der Waals surface area contributed by atoms with E-state index >= 15 is 0 Å². The maximum Gasteiger partial charge on any atom is 0.410 e. The summed E-state index contributed by atoms with van der Waals surface area (Å²) >= 11 is 0. The van der Waals surface area contributed by atoms with Gasteiger partial charge in [0.15, 0.2) is 0 Å². The normalized spacial score (nSPS) is 33.0. The molecule has 0 spiro atoms. The molecular weight excluding hydrogens is 182 g/mol. The fourth-order valence-electron chi connectivity index (χ4n) is 2.24. The molecule has 0 bridgehead atoms. The van der Waals surface area contributed by atoms with Crippen LogP contribution in [0.4, 0.5) is 4.79 Å². The molecule has 2 rings (SSSR count). The van der Waals surface area contributed by atoms with E-state index in [1.165, 1.54) is 6.42 Å². The molecule has 2 fully saturated rings. The van der Waals surface area contributed by atoms with Crippen LogP contribution in [0, 0.1) is 0 Å². The lowest BCUT2D eigenvalue weighted by atomic mass is 10.1. The molecule has 1 amide bonds. The Morgan fingerprint density at radius 3 is 3.31 bits per heavy atom. The molecule has 13 heavy (non-hydrogen) atoms. The molecule has 2 heterocycles. The quantitative estimate of drug-likeness (QED) is 0.628. The second kappa shape index (κ2) is 3.70. The third-order valence-electron chi connectivity index (χ3n) is 2.85. The first-order valence-electron chi connectivity index (χ1n) is 4.93. The second-order valence-electron chi connectivity index (χ2n) is 3.79. The van der Waals surface area contributed by atoms with Crippen molar-refractivity contribution in [2.45, 2.75) is 44.0 Å². The van der Waals surface area contributed by atoms with Crippen LogP contribution < -0.4 is 0 Å². The van der Waals surface area contributed by atoms with Crippen LogP contribution in [0.1, 0.15) is 19.3 Å². The Labute approximate surface area is 81.3 Å². The highest BCUT2D eigenvalue weighted by Crippen LogP contribution is 2.28. The van der Waals surface area contributed by atoms with Crippen LogP contribution in [0.15, 0.2) is 0 Å². The van der Waals surface area contributed by atoms with Gasteiger partial charge in [-0.15, -0.1) is 0 Å². The number of amides is 1. The lowest BCUT2D eigenvalue weighted by molar-refractivity contribution is 0.0202. The Kier molecular flexibility index (Phi) is 2.58. The Bertz CT molecular complexity index is 210. The number of carbonyl (C=O) groups excluding carboxylic acids is 1. The highest BCUT2D eigenvalue weighted by molar-refractivity contribution is 6.33. The summed E-state index contributed by atoms with van der Waals surface area (Å²) in [5.74, 6) is 0. The standard InChI is InChI=1S/C9H15NO2Si/c1-13-6-8-5-7-3-2-4-10(7)9(11)12-8/h7-8H,2-6H2,1H3. The molecule has 2 aliphatic heterocycles. The van der Waals surface area contributed by atoms with Crippen molar-refractivity contribution in [3.8, 4) is 0 Å². The Morgan fingerprint density at radius 2 is 2.54 bits per heavy atom. The first-order valence-corrected chi connectivity index (χ1v) is 6.64. The van der Waals surface area contributed by atoms with Gasteiger partial charge in [-0.3, -0.25) is 0 Å². The lowest BCUT2D eigenvalue weighted by Crippen LogP contribution is -2.45. The van der Waals surface area contributed by atoms with E-state index in [0.29, 0.717) is 6.04 Å². The average molecular weight is 197 g/mol. The maximum absolute atomic E-state index is 11.5. The van der Waals surface area contributed by atoms with Crippen LogP contribution in [-0.2, 0) is 4.74 Å². The van der Waals surface area contributed by atoms with Gasteiger partial charge in [0.05, 0.1) is 0 Å². The molecule has 2 aliphatic rings. The molecule has 4 heteroatoms. The Morgan fingerprint density at radius 1 is 1.69 bits per heavy atom. The van der Waals surface area contributed by atoms with Gasteiger partial charge in [0.25, 0.3) is 0 Å². The number of cyclic esters (lactones) is 1. The van der Waals surface area contributed by atoms with Crippen LogP contribution in [0.5, 0.6) is 0 Å². The minimum absolute atomic E-state index is 0.0722. The van der Waals surface area contributed by atoms with Crippen LogP contribution in [0.25, 0.3) is 0 Å². The fraction of sp³-hybridized carbons (Fsp3) is 0.889. The number of hydrogen-bond acceptors (Lipinski definition) is 2. The zero-order valence-electron chi connectivity index (χ0n) is 7.95. The molecule has 2 atom stereocenters. The highest BCUT2D eigenvalue weighted by Gasteiger charge is 2.37. The van der Waals surface area contributed by atoms with Crippen molar-refractivity contribution in [3.63, 3.8) is 0 Å². The Balaban J connectivity index is 1.97. The monoisotopic (exact) mass is 197 g/mol. The van der Waals surface area contributed by atoms with E-state index in [2.05, 4.69) is 6.55 Å². The summed E-state index contributed by atoms with van der Waals surface area (Å²) in [6, 6.07) is 1.54. The predicted molar refractivity (Wildman–Crippen MR) is 51.0 cm³/mol. The van der Waals surface area contributed by atoms with Crippen molar-refractivity contribution in [2.75, 3.05) is 6.54 Å². The van der Waals surface area contributed by atoms with Crippen LogP contribution in [0.2, 0.25) is 12.6 Å². The van der Waals surface area contributed by atoms with Crippen LogP contribution in [0.3, 0.4) is 0 Å². The molecule has 2 radical (unpaired) electrons. The van der Waals surface area contributed by atoms with E-state index in [-0.39, 0.29) is 12.2 Å². The summed E-state index contributed by atoms with van der Waals surface area (Å²) in [5, 5.41) is 0. The van der Waals surface area contributed by atoms with E-state index < -0.39 is 0 Å². The number of hydrogen-bond donors (Lipinski definition) is 0. The molecule has 0 N–H and O–H groups in total. The van der Waals surface area contributed by atoms with E-state index in [0.717, 1.165) is 35.0 Å². The summed E-state index contributed by atoms with van der Waals surface area (Å²) in [6.07, 6.45) is 3.53. The van der Waals surface area contributed by atoms with Gasteiger partial charge in [-0.1, -0.05) is 6.55 Å². The number of carbonyl (C=O) groups is 1. The minimum Gasteiger partial charge on any atom is -0.446 e. The summed E-state index contributed by atoms with van der Waals surface area (Å²) < 4.78 is 5.33. The summed E-state index contributed by atoms with van der Waals surface area (Å²) in [4.78, 5) is 13.4. The molecule has 0 aromatic heterocycles. The van der Waals surface area contributed by atoms with Crippen molar-refractivity contribution >= 4 is 15.6 Å². The van der Waals surface area contributed by atoms with E-state index in [1.807, 2.05) is 4.90 Å². The van der Waals surface area contributed by atoms with E-state index in [4.69, 9.17) is 4.74 Å². The number of nitrogens with zero attached hydrogens (tertiary/aromatic N) is 1. The van der Waals surface area contributed by atoms with Gasteiger partial charge in [0.2, 0.25) is 0 Å². The van der Waals surface area contributed by atoms with Crippen molar-refractivity contribution in [2.24, 2.45) is 0 Å². The fourth-order valence-corrected chi connectivity index (χ4v) is 2.94. The summed E-state index contributed by atoms with van der Waals surface area (Å²) in [5.41, 5.74) is 0. The molecule has 2 unspecified atom stereocenters. The zero-order valence-corrected chi connectivity index (χ0v) is 8.95. The summed E-state index contributed by atoms with van der Waals surface area (Å²) in [7, 11) is 0.886. The topological polar surface area (TPSA) is 29.5 Å². The average Bonchev–Trinajstić information content (AvgIpc) is 2.53. The minimum atomic E-state index is -0.0722. The smallest absolute Gasteiger partial charge is 0.410 e. The predicted octanol–water partition coefficient (Wildman–Crippen LogP) is 1.53. The van der Waals surface area contributed by atoms with Gasteiger partial charge in [-0.05, 0) is 18.9 Å². The van der Waals surface area contributed by atoms with Crippen molar-refractivity contribution < 1.29 is 9.53 Å². The number of ether oxygens (including phenoxy) is 1. The SMILES string of the molecule is C[Si]CC1CC2CCCN2C(=O)O1. The van der Waals surface area contributed by atoms with Gasteiger partial charge in [0.1, 0.15) is 6.10 Å². The van der Waals surface area contributed by atoms with Gasteiger partial charge in [0, 0.05) is 28.5 Å². The maximum atomic E-state index is 11.5. The second-order valence-corrected chi connectivity index (χ2v) is 4.90. The lowest BCUT2D eigenvalue weighted by Gasteiger charge is -2.34. The molecule has 3 nitrogen and oxygen atoms in total. The first kappa shape index (κ1) is 9.06. The first-order chi connectivity index (χ1) is 6.31. The Hall–Kier alpha value is -0.513. The molecule has 0 aromatic carbocycles. The van der Waals surface area contributed by atoms with Gasteiger partial charge in [-0.25, -0.2) is 4.79 Å². The number of rotatable bonds is 2. The van der Waals surface area contributed by atoms with Crippen LogP contribution in [-0.4, -0.2) is 39.2 Å². The van der Waals surface area contributed by atoms with Crippen LogP contribution >= 0.6 is 0 Å². The third kappa shape index (κ3) is 1.72. The van der Waals surface area contributed by atoms with Gasteiger partial charge >= 0.3 is 6.09 Å². The van der Waals surface area contributed by atoms with E-state index in [1.54, 1.807) is 0 Å². The van der Waals surface area contributed by atoms with Crippen molar-refractivity contribution in [1.29, 1.82) is 0 Å². The number of fused-ring (bicyclic) bond motifs is 1. The zero-order chi connectivity index (χ0) is 9.26. The largest absolute Gasteiger partial charge is 0.446 e. The molecule has 0 aromatic rings. The van der Waals surface area contributed by atoms with Crippen molar-refractivity contribution in [1.82, 2.24) is 4.90 Å². The van der Waals surface area contributed by atoms with Crippen molar-refractivity contribution in [3.05, 3.63) is 0 Å². The third-order valence-corrected chi connectivity index (χ3v) is 3.71. The molecule has 0 aliphatic carbocycles. The highest BCUT2D eigenvalue weighted by atomic mass is 28.2.